The molecule has 0 aliphatic heterocycles. The SMILES string of the molecule is CCC(CC)C(O)C(=O)Cc1ncnn1C. The van der Waals surface area contributed by atoms with Crippen LogP contribution in [0.5, 0.6) is 0 Å². The average Bonchev–Trinajstić information content (AvgIpc) is 2.66. The van der Waals surface area contributed by atoms with Crippen LogP contribution in [0, 0.1) is 5.92 Å². The van der Waals surface area contributed by atoms with Crippen molar-refractivity contribution in [3.05, 3.63) is 12.2 Å². The third-order valence-electron chi connectivity index (χ3n) is 2.96. The Balaban J connectivity index is 2.62. The second kappa shape index (κ2) is 5.75. The van der Waals surface area contributed by atoms with Crippen molar-refractivity contribution < 1.29 is 9.90 Å². The molecule has 0 aliphatic carbocycles. The van der Waals surface area contributed by atoms with E-state index in [0.29, 0.717) is 5.82 Å². The molecule has 0 aromatic carbocycles. The molecule has 1 aromatic rings. The Labute approximate surface area is 95.5 Å². The van der Waals surface area contributed by atoms with Gasteiger partial charge in [0, 0.05) is 7.05 Å². The summed E-state index contributed by atoms with van der Waals surface area (Å²) < 4.78 is 1.55. The van der Waals surface area contributed by atoms with Crippen molar-refractivity contribution in [3.63, 3.8) is 0 Å². The molecule has 0 aliphatic rings. The zero-order valence-electron chi connectivity index (χ0n) is 10.1. The lowest BCUT2D eigenvalue weighted by atomic mass is 9.92. The Kier molecular flexibility index (Phi) is 4.61. The summed E-state index contributed by atoms with van der Waals surface area (Å²) in [6.07, 6.45) is 2.29. The zero-order chi connectivity index (χ0) is 12.1. The number of carbonyl (C=O) groups excluding carboxylic acids is 1. The van der Waals surface area contributed by atoms with E-state index in [0.717, 1.165) is 12.8 Å². The van der Waals surface area contributed by atoms with E-state index in [-0.39, 0.29) is 18.1 Å². The highest BCUT2D eigenvalue weighted by Crippen LogP contribution is 2.15. The van der Waals surface area contributed by atoms with Gasteiger partial charge < -0.3 is 5.11 Å². The lowest BCUT2D eigenvalue weighted by molar-refractivity contribution is -0.129. The summed E-state index contributed by atoms with van der Waals surface area (Å²) in [5.74, 6) is 0.459. The minimum absolute atomic E-state index is 0.0423. The van der Waals surface area contributed by atoms with Gasteiger partial charge in [-0.05, 0) is 5.92 Å². The summed E-state index contributed by atoms with van der Waals surface area (Å²) in [6, 6.07) is 0. The number of aromatic nitrogens is 3. The number of hydrogen-bond acceptors (Lipinski definition) is 4. The van der Waals surface area contributed by atoms with Crippen LogP contribution in [0.15, 0.2) is 6.33 Å². The van der Waals surface area contributed by atoms with Gasteiger partial charge in [0.05, 0.1) is 6.42 Å². The third-order valence-corrected chi connectivity index (χ3v) is 2.96. The molecule has 16 heavy (non-hydrogen) atoms. The summed E-state index contributed by atoms with van der Waals surface area (Å²) in [7, 11) is 1.74. The third kappa shape index (κ3) is 2.88. The van der Waals surface area contributed by atoms with Crippen LogP contribution in [-0.4, -0.2) is 31.8 Å². The molecule has 0 saturated heterocycles. The first-order valence-corrected chi connectivity index (χ1v) is 5.63. The van der Waals surface area contributed by atoms with Crippen molar-refractivity contribution >= 4 is 5.78 Å². The first-order chi connectivity index (χ1) is 7.60. The minimum atomic E-state index is -0.883. The van der Waals surface area contributed by atoms with Gasteiger partial charge in [0.25, 0.3) is 0 Å². The van der Waals surface area contributed by atoms with Crippen LogP contribution in [-0.2, 0) is 18.3 Å². The van der Waals surface area contributed by atoms with Crippen LogP contribution in [0.2, 0.25) is 0 Å². The van der Waals surface area contributed by atoms with E-state index in [1.165, 1.54) is 6.33 Å². The van der Waals surface area contributed by atoms with Gasteiger partial charge in [-0.3, -0.25) is 9.48 Å². The molecule has 1 N–H and O–H groups in total. The Hall–Kier alpha value is -1.23. The number of ketones is 1. The molecular weight excluding hydrogens is 206 g/mol. The Morgan fingerprint density at radius 2 is 2.12 bits per heavy atom. The van der Waals surface area contributed by atoms with Crippen molar-refractivity contribution in [2.75, 3.05) is 0 Å². The molecule has 1 rings (SSSR count). The predicted molar refractivity (Wildman–Crippen MR) is 59.8 cm³/mol. The first-order valence-electron chi connectivity index (χ1n) is 5.63. The maximum Gasteiger partial charge on any atom is 0.169 e. The van der Waals surface area contributed by atoms with Crippen molar-refractivity contribution in [2.45, 2.75) is 39.2 Å². The quantitative estimate of drug-likeness (QED) is 0.774. The fourth-order valence-electron chi connectivity index (χ4n) is 1.74. The number of carbonyl (C=O) groups is 1. The summed E-state index contributed by atoms with van der Waals surface area (Å²) in [5, 5.41) is 13.7. The number of hydrogen-bond donors (Lipinski definition) is 1. The second-order valence-corrected chi connectivity index (χ2v) is 3.96. The molecule has 0 bridgehead atoms. The fraction of sp³-hybridized carbons (Fsp3) is 0.727. The molecule has 0 fully saturated rings. The minimum Gasteiger partial charge on any atom is -0.385 e. The van der Waals surface area contributed by atoms with Gasteiger partial charge >= 0.3 is 0 Å². The maximum atomic E-state index is 11.8. The normalized spacial score (nSPS) is 13.1. The number of Topliss-reactive ketones (excluding diaryl/α,β-unsaturated/α-hetero) is 1. The van der Waals surface area contributed by atoms with Crippen LogP contribution >= 0.6 is 0 Å². The largest absolute Gasteiger partial charge is 0.385 e. The molecular formula is C11H19N3O2. The van der Waals surface area contributed by atoms with E-state index < -0.39 is 6.10 Å². The van der Waals surface area contributed by atoms with Crippen LogP contribution in [0.3, 0.4) is 0 Å². The summed E-state index contributed by atoms with van der Waals surface area (Å²) in [4.78, 5) is 15.8. The molecule has 5 nitrogen and oxygen atoms in total. The lowest BCUT2D eigenvalue weighted by Crippen LogP contribution is -2.31. The van der Waals surface area contributed by atoms with E-state index in [1.807, 2.05) is 13.8 Å². The van der Waals surface area contributed by atoms with E-state index >= 15 is 0 Å². The number of aryl methyl sites for hydroxylation is 1. The van der Waals surface area contributed by atoms with Gasteiger partial charge in [0.1, 0.15) is 18.3 Å². The van der Waals surface area contributed by atoms with Crippen LogP contribution in [0.25, 0.3) is 0 Å². The van der Waals surface area contributed by atoms with E-state index in [9.17, 15) is 9.90 Å². The average molecular weight is 225 g/mol. The number of aliphatic hydroxyl groups excluding tert-OH is 1. The highest BCUT2D eigenvalue weighted by Gasteiger charge is 2.24. The van der Waals surface area contributed by atoms with Gasteiger partial charge in [-0.25, -0.2) is 4.98 Å². The molecule has 1 atom stereocenters. The highest BCUT2D eigenvalue weighted by atomic mass is 16.3. The van der Waals surface area contributed by atoms with Crippen molar-refractivity contribution in [2.24, 2.45) is 13.0 Å². The van der Waals surface area contributed by atoms with E-state index in [4.69, 9.17) is 0 Å². The van der Waals surface area contributed by atoms with Crippen LogP contribution in [0.1, 0.15) is 32.5 Å². The molecule has 0 amide bonds. The van der Waals surface area contributed by atoms with Gasteiger partial charge in [-0.15, -0.1) is 0 Å². The zero-order valence-corrected chi connectivity index (χ0v) is 10.1. The number of aliphatic hydroxyl groups is 1. The van der Waals surface area contributed by atoms with Gasteiger partial charge in [-0.1, -0.05) is 26.7 Å². The Morgan fingerprint density at radius 1 is 1.50 bits per heavy atom. The van der Waals surface area contributed by atoms with Gasteiger partial charge in [-0.2, -0.15) is 5.10 Å². The fourth-order valence-corrected chi connectivity index (χ4v) is 1.74. The summed E-state index contributed by atoms with van der Waals surface area (Å²) >= 11 is 0. The smallest absolute Gasteiger partial charge is 0.169 e. The number of nitrogens with zero attached hydrogens (tertiary/aromatic N) is 3. The topological polar surface area (TPSA) is 68.0 Å². The second-order valence-electron chi connectivity index (χ2n) is 3.96. The number of rotatable bonds is 6. The standard InChI is InChI=1S/C11H19N3O2/c1-4-8(5-2)11(16)9(15)6-10-12-7-13-14(10)3/h7-8,11,16H,4-6H2,1-3H3. The monoisotopic (exact) mass is 225 g/mol. The Bertz CT molecular complexity index is 345. The van der Waals surface area contributed by atoms with E-state index in [2.05, 4.69) is 10.1 Å². The maximum absolute atomic E-state index is 11.8. The molecule has 0 saturated carbocycles. The van der Waals surface area contributed by atoms with Crippen LogP contribution in [0.4, 0.5) is 0 Å². The van der Waals surface area contributed by atoms with Crippen molar-refractivity contribution in [3.8, 4) is 0 Å². The molecule has 90 valence electrons. The summed E-state index contributed by atoms with van der Waals surface area (Å²) in [5.41, 5.74) is 0. The van der Waals surface area contributed by atoms with E-state index in [1.54, 1.807) is 11.7 Å². The Morgan fingerprint density at radius 3 is 2.56 bits per heavy atom. The molecule has 0 radical (unpaired) electrons. The van der Waals surface area contributed by atoms with Gasteiger partial charge in [0.15, 0.2) is 5.78 Å². The molecule has 1 unspecified atom stereocenters. The predicted octanol–water partition coefficient (Wildman–Crippen LogP) is 0.724. The van der Waals surface area contributed by atoms with Crippen molar-refractivity contribution in [1.29, 1.82) is 0 Å². The molecule has 1 aromatic heterocycles. The molecule has 0 spiro atoms. The molecule has 1 heterocycles. The summed E-state index contributed by atoms with van der Waals surface area (Å²) in [6.45, 7) is 3.96. The van der Waals surface area contributed by atoms with Crippen molar-refractivity contribution in [1.82, 2.24) is 14.8 Å². The lowest BCUT2D eigenvalue weighted by Gasteiger charge is -2.18. The molecule has 5 heteroatoms. The van der Waals surface area contributed by atoms with Crippen LogP contribution < -0.4 is 0 Å². The first kappa shape index (κ1) is 12.8. The van der Waals surface area contributed by atoms with Gasteiger partial charge in [0.2, 0.25) is 0 Å². The highest BCUT2D eigenvalue weighted by molar-refractivity contribution is 5.84.